The van der Waals surface area contributed by atoms with E-state index in [0.29, 0.717) is 5.69 Å². The van der Waals surface area contributed by atoms with Crippen LogP contribution >= 0.6 is 0 Å². The molecular formula is C21H17N5O2. The van der Waals surface area contributed by atoms with Crippen LogP contribution in [0.15, 0.2) is 64.5 Å². The van der Waals surface area contributed by atoms with Crippen LogP contribution in [0.25, 0.3) is 5.69 Å². The molecule has 0 spiro atoms. The fraction of sp³-hybridized carbons (Fsp3) is 0.0952. The first-order chi connectivity index (χ1) is 13.5. The Hall–Kier alpha value is -4.05. The van der Waals surface area contributed by atoms with Crippen LogP contribution in [0.1, 0.15) is 32.7 Å². The fourth-order valence-corrected chi connectivity index (χ4v) is 2.57. The molecule has 7 nitrogen and oxygen atoms in total. The van der Waals surface area contributed by atoms with Crippen molar-refractivity contribution in [1.82, 2.24) is 15.2 Å². The van der Waals surface area contributed by atoms with Gasteiger partial charge in [-0.15, -0.1) is 0 Å². The second kappa shape index (κ2) is 8.10. The Bertz CT molecular complexity index is 1140. The molecule has 0 radical (unpaired) electrons. The zero-order chi connectivity index (χ0) is 20.1. The first kappa shape index (κ1) is 18.7. The van der Waals surface area contributed by atoms with Gasteiger partial charge in [0.2, 0.25) is 0 Å². The molecule has 1 amide bonds. The molecule has 1 N–H and O–H groups in total. The number of hydrogen-bond donors (Lipinski definition) is 1. The van der Waals surface area contributed by atoms with Crippen LogP contribution in [0.3, 0.4) is 0 Å². The van der Waals surface area contributed by atoms with E-state index in [4.69, 9.17) is 0 Å². The lowest BCUT2D eigenvalue weighted by Gasteiger charge is -2.10. The molecular weight excluding hydrogens is 354 g/mol. The van der Waals surface area contributed by atoms with Gasteiger partial charge in [-0.05, 0) is 31.5 Å². The smallest absolute Gasteiger partial charge is 0.266 e. The molecule has 0 bridgehead atoms. The van der Waals surface area contributed by atoms with Crippen LogP contribution < -0.4 is 11.0 Å². The second-order valence-corrected chi connectivity index (χ2v) is 6.12. The molecule has 2 aromatic carbocycles. The van der Waals surface area contributed by atoms with E-state index in [1.807, 2.05) is 55.5 Å². The number of benzene rings is 2. The molecule has 1 aromatic heterocycles. The molecule has 0 fully saturated rings. The predicted octanol–water partition coefficient (Wildman–Crippen LogP) is 2.48. The zero-order valence-electron chi connectivity index (χ0n) is 15.4. The summed E-state index contributed by atoms with van der Waals surface area (Å²) in [6, 6.07) is 18.2. The lowest BCUT2D eigenvalue weighted by molar-refractivity contribution is 0.0947. The van der Waals surface area contributed by atoms with Gasteiger partial charge in [0.05, 0.1) is 11.9 Å². The molecule has 0 atom stereocenters. The standard InChI is InChI=1S/C21H17N5O2/c1-14-8-10-17(11-9-14)26-21(28)18(12-22)15(2)19(25-26)20(27)24-23-13-16-6-4-3-5-7-16/h3-11,13H,1-2H3,(H,24,27)/b23-13+. The van der Waals surface area contributed by atoms with Crippen molar-refractivity contribution in [3.05, 3.63) is 92.9 Å². The van der Waals surface area contributed by atoms with E-state index in [1.165, 1.54) is 13.1 Å². The van der Waals surface area contributed by atoms with E-state index >= 15 is 0 Å². The maximum Gasteiger partial charge on any atom is 0.292 e. The Morgan fingerprint density at radius 3 is 2.46 bits per heavy atom. The summed E-state index contributed by atoms with van der Waals surface area (Å²) in [7, 11) is 0. The van der Waals surface area contributed by atoms with Crippen LogP contribution in [-0.2, 0) is 0 Å². The van der Waals surface area contributed by atoms with E-state index in [2.05, 4.69) is 15.6 Å². The van der Waals surface area contributed by atoms with Gasteiger partial charge in [0, 0.05) is 5.56 Å². The van der Waals surface area contributed by atoms with Gasteiger partial charge in [-0.3, -0.25) is 9.59 Å². The van der Waals surface area contributed by atoms with Gasteiger partial charge < -0.3 is 0 Å². The van der Waals surface area contributed by atoms with Gasteiger partial charge in [-0.25, -0.2) is 5.43 Å². The first-order valence-electron chi connectivity index (χ1n) is 8.51. The maximum atomic E-state index is 12.6. The van der Waals surface area contributed by atoms with Gasteiger partial charge in [-0.2, -0.15) is 20.1 Å². The van der Waals surface area contributed by atoms with Gasteiger partial charge >= 0.3 is 0 Å². The number of aromatic nitrogens is 2. The van der Waals surface area contributed by atoms with E-state index in [0.717, 1.165) is 15.8 Å². The molecule has 0 saturated heterocycles. The Morgan fingerprint density at radius 1 is 1.14 bits per heavy atom. The van der Waals surface area contributed by atoms with Gasteiger partial charge in [-0.1, -0.05) is 48.0 Å². The summed E-state index contributed by atoms with van der Waals surface area (Å²) in [5.74, 6) is -0.609. The molecule has 1 heterocycles. The molecule has 7 heteroatoms. The van der Waals surface area contributed by atoms with Gasteiger partial charge in [0.25, 0.3) is 11.5 Å². The highest BCUT2D eigenvalue weighted by molar-refractivity contribution is 5.94. The number of hydrazone groups is 1. The van der Waals surface area contributed by atoms with Crippen LogP contribution in [-0.4, -0.2) is 21.9 Å². The number of aryl methyl sites for hydroxylation is 1. The molecule has 28 heavy (non-hydrogen) atoms. The highest BCUT2D eigenvalue weighted by atomic mass is 16.2. The van der Waals surface area contributed by atoms with Gasteiger partial charge in [0.1, 0.15) is 11.6 Å². The zero-order valence-corrected chi connectivity index (χ0v) is 15.4. The third-order valence-corrected chi connectivity index (χ3v) is 4.12. The molecule has 0 saturated carbocycles. The Balaban J connectivity index is 1.98. The van der Waals surface area contributed by atoms with Crippen LogP contribution in [0.5, 0.6) is 0 Å². The minimum atomic E-state index is -0.609. The maximum absolute atomic E-state index is 12.6. The third-order valence-electron chi connectivity index (χ3n) is 4.12. The number of rotatable bonds is 4. The topological polar surface area (TPSA) is 100 Å². The van der Waals surface area contributed by atoms with Crippen molar-refractivity contribution in [2.24, 2.45) is 5.10 Å². The van der Waals surface area contributed by atoms with Crippen molar-refractivity contribution < 1.29 is 4.79 Å². The van der Waals surface area contributed by atoms with E-state index < -0.39 is 11.5 Å². The van der Waals surface area contributed by atoms with Crippen molar-refractivity contribution in [3.63, 3.8) is 0 Å². The Labute approximate surface area is 161 Å². The SMILES string of the molecule is Cc1ccc(-n2nc(C(=O)N/N=C/c3ccccc3)c(C)c(C#N)c2=O)cc1. The molecule has 0 aliphatic carbocycles. The first-order valence-corrected chi connectivity index (χ1v) is 8.51. The average Bonchev–Trinajstić information content (AvgIpc) is 2.70. The number of carbonyl (C=O) groups is 1. The summed E-state index contributed by atoms with van der Waals surface area (Å²) in [4.78, 5) is 25.2. The molecule has 3 aromatic rings. The summed E-state index contributed by atoms with van der Waals surface area (Å²) in [5.41, 5.74) is 4.15. The summed E-state index contributed by atoms with van der Waals surface area (Å²) >= 11 is 0. The number of carbonyl (C=O) groups excluding carboxylic acids is 1. The van der Waals surface area contributed by atoms with E-state index in [9.17, 15) is 14.9 Å². The lowest BCUT2D eigenvalue weighted by Crippen LogP contribution is -2.31. The minimum absolute atomic E-state index is 0.0399. The number of nitrogens with zero attached hydrogens (tertiary/aromatic N) is 4. The Morgan fingerprint density at radius 2 is 1.82 bits per heavy atom. The van der Waals surface area contributed by atoms with Crippen molar-refractivity contribution in [2.45, 2.75) is 13.8 Å². The minimum Gasteiger partial charge on any atom is -0.266 e. The van der Waals surface area contributed by atoms with Gasteiger partial charge in [0.15, 0.2) is 5.69 Å². The van der Waals surface area contributed by atoms with Crippen molar-refractivity contribution >= 4 is 12.1 Å². The Kier molecular flexibility index (Phi) is 5.42. The normalized spacial score (nSPS) is 10.6. The van der Waals surface area contributed by atoms with Crippen molar-refractivity contribution in [1.29, 1.82) is 5.26 Å². The fourth-order valence-electron chi connectivity index (χ4n) is 2.57. The molecule has 0 aliphatic rings. The summed E-state index contributed by atoms with van der Waals surface area (Å²) < 4.78 is 1.06. The highest BCUT2D eigenvalue weighted by Gasteiger charge is 2.20. The van der Waals surface area contributed by atoms with Crippen molar-refractivity contribution in [2.75, 3.05) is 0 Å². The third kappa shape index (κ3) is 3.86. The molecule has 0 aliphatic heterocycles. The van der Waals surface area contributed by atoms with Crippen LogP contribution in [0.2, 0.25) is 0 Å². The van der Waals surface area contributed by atoms with Crippen LogP contribution in [0, 0.1) is 25.2 Å². The molecule has 3 rings (SSSR count). The van der Waals surface area contributed by atoms with Crippen LogP contribution in [0.4, 0.5) is 0 Å². The molecule has 138 valence electrons. The number of amides is 1. The summed E-state index contributed by atoms with van der Waals surface area (Å²) in [6.07, 6.45) is 1.49. The number of hydrogen-bond acceptors (Lipinski definition) is 5. The number of nitriles is 1. The lowest BCUT2D eigenvalue weighted by atomic mass is 10.1. The predicted molar refractivity (Wildman–Crippen MR) is 106 cm³/mol. The van der Waals surface area contributed by atoms with Crippen molar-refractivity contribution in [3.8, 4) is 11.8 Å². The quantitative estimate of drug-likeness (QED) is 0.562. The highest BCUT2D eigenvalue weighted by Crippen LogP contribution is 2.11. The number of nitrogens with one attached hydrogen (secondary N) is 1. The summed E-state index contributed by atoms with van der Waals surface area (Å²) in [5, 5.41) is 17.5. The molecule has 0 unspecified atom stereocenters. The van der Waals surface area contributed by atoms with E-state index in [1.54, 1.807) is 12.1 Å². The monoisotopic (exact) mass is 371 g/mol. The second-order valence-electron chi connectivity index (χ2n) is 6.12. The summed E-state index contributed by atoms with van der Waals surface area (Å²) in [6.45, 7) is 3.43. The average molecular weight is 371 g/mol. The van der Waals surface area contributed by atoms with E-state index in [-0.39, 0.29) is 16.8 Å². The largest absolute Gasteiger partial charge is 0.292 e.